The van der Waals surface area contributed by atoms with Crippen LogP contribution in [0.25, 0.3) is 0 Å². The third-order valence-corrected chi connectivity index (χ3v) is 3.87. The number of carbonyl (C=O) groups excluding carboxylic acids is 2. The number of aliphatic hydroxyl groups is 1. The second-order valence-corrected chi connectivity index (χ2v) is 5.26. The molecule has 0 aliphatic carbocycles. The molecule has 6 nitrogen and oxygen atoms in total. The zero-order valence-electron chi connectivity index (χ0n) is 11.4. The molecule has 0 spiro atoms. The van der Waals surface area contributed by atoms with Gasteiger partial charge in [-0.15, -0.1) is 0 Å². The number of aliphatic hydroxyl groups excluding tert-OH is 1. The average Bonchev–Trinajstić information content (AvgIpc) is 2.64. The summed E-state index contributed by atoms with van der Waals surface area (Å²) in [6.45, 7) is 1.69. The van der Waals surface area contributed by atoms with Gasteiger partial charge in [-0.1, -0.05) is 12.8 Å². The van der Waals surface area contributed by atoms with Gasteiger partial charge in [-0.3, -0.25) is 0 Å². The summed E-state index contributed by atoms with van der Waals surface area (Å²) in [6, 6.07) is -0.787. The van der Waals surface area contributed by atoms with E-state index >= 15 is 0 Å². The van der Waals surface area contributed by atoms with Gasteiger partial charge in [0.15, 0.2) is 0 Å². The number of methoxy groups -OCH3 is 1. The Kier molecular flexibility index (Phi) is 4.63. The van der Waals surface area contributed by atoms with E-state index in [9.17, 15) is 14.7 Å². The predicted molar refractivity (Wildman–Crippen MR) is 68.6 cm³/mol. The van der Waals surface area contributed by atoms with Crippen LogP contribution in [0.4, 0.5) is 4.79 Å². The summed E-state index contributed by atoms with van der Waals surface area (Å²) < 4.78 is 4.71. The Morgan fingerprint density at radius 2 is 1.79 bits per heavy atom. The highest BCUT2D eigenvalue weighted by molar-refractivity contribution is 5.84. The maximum absolute atomic E-state index is 12.5. The summed E-state index contributed by atoms with van der Waals surface area (Å²) >= 11 is 0. The van der Waals surface area contributed by atoms with Gasteiger partial charge < -0.3 is 19.6 Å². The number of likely N-dealkylation sites (tertiary alicyclic amines) is 2. The Labute approximate surface area is 113 Å². The molecule has 1 N–H and O–H groups in total. The van der Waals surface area contributed by atoms with Gasteiger partial charge in [-0.05, 0) is 12.8 Å². The van der Waals surface area contributed by atoms with Crippen LogP contribution in [-0.2, 0) is 9.53 Å². The first-order valence-corrected chi connectivity index (χ1v) is 6.95. The van der Waals surface area contributed by atoms with E-state index < -0.39 is 18.1 Å². The number of hydrogen-bond acceptors (Lipinski definition) is 4. The Hall–Kier alpha value is -1.30. The fraction of sp³-hybridized carbons (Fsp3) is 0.846. The van der Waals surface area contributed by atoms with E-state index in [4.69, 9.17) is 4.74 Å². The molecule has 2 aliphatic rings. The minimum Gasteiger partial charge on any atom is -0.467 e. The Bertz CT molecular complexity index is 340. The van der Waals surface area contributed by atoms with Gasteiger partial charge in [0.05, 0.1) is 13.2 Å². The van der Waals surface area contributed by atoms with Crippen LogP contribution in [0, 0.1) is 0 Å². The fourth-order valence-electron chi connectivity index (χ4n) is 2.83. The number of rotatable bonds is 1. The van der Waals surface area contributed by atoms with Crippen molar-refractivity contribution in [1.82, 2.24) is 9.80 Å². The molecule has 0 aromatic heterocycles. The van der Waals surface area contributed by atoms with E-state index in [-0.39, 0.29) is 19.0 Å². The smallest absolute Gasteiger partial charge is 0.328 e. The van der Waals surface area contributed by atoms with E-state index in [1.165, 1.54) is 12.0 Å². The van der Waals surface area contributed by atoms with Gasteiger partial charge in [0, 0.05) is 26.1 Å². The van der Waals surface area contributed by atoms with Gasteiger partial charge in [-0.25, -0.2) is 9.59 Å². The highest BCUT2D eigenvalue weighted by Crippen LogP contribution is 2.22. The number of hydrogen-bond donors (Lipinski definition) is 1. The molecule has 2 rings (SSSR count). The molecule has 2 saturated heterocycles. The topological polar surface area (TPSA) is 70.1 Å². The zero-order chi connectivity index (χ0) is 13.8. The molecule has 0 aromatic carbocycles. The molecule has 19 heavy (non-hydrogen) atoms. The summed E-state index contributed by atoms with van der Waals surface area (Å²) in [6.07, 6.45) is 3.93. The fourth-order valence-corrected chi connectivity index (χ4v) is 2.83. The SMILES string of the molecule is COC(=O)C1CC(O)CN1C(=O)N1CCCCCC1. The van der Waals surface area contributed by atoms with Gasteiger partial charge >= 0.3 is 12.0 Å². The van der Waals surface area contributed by atoms with Gasteiger partial charge in [0.2, 0.25) is 0 Å². The van der Waals surface area contributed by atoms with E-state index in [1.807, 2.05) is 0 Å². The van der Waals surface area contributed by atoms with Crippen LogP contribution in [0.15, 0.2) is 0 Å². The maximum atomic E-state index is 12.5. The summed E-state index contributed by atoms with van der Waals surface area (Å²) in [5.41, 5.74) is 0. The predicted octanol–water partition coefficient (Wildman–Crippen LogP) is 0.591. The molecule has 0 saturated carbocycles. The third kappa shape index (κ3) is 3.18. The van der Waals surface area contributed by atoms with Crippen LogP contribution < -0.4 is 0 Å². The molecule has 0 aromatic rings. The van der Waals surface area contributed by atoms with Crippen molar-refractivity contribution in [2.45, 2.75) is 44.2 Å². The first-order valence-electron chi connectivity index (χ1n) is 6.95. The van der Waals surface area contributed by atoms with Gasteiger partial charge in [0.25, 0.3) is 0 Å². The minimum absolute atomic E-state index is 0.145. The molecule has 2 atom stereocenters. The van der Waals surface area contributed by atoms with Gasteiger partial charge in [-0.2, -0.15) is 0 Å². The standard InChI is InChI=1S/C13H22N2O4/c1-19-12(17)11-8-10(16)9-15(11)13(18)14-6-4-2-3-5-7-14/h10-11,16H,2-9H2,1H3. The van der Waals surface area contributed by atoms with E-state index in [2.05, 4.69) is 0 Å². The Morgan fingerprint density at radius 3 is 2.37 bits per heavy atom. The lowest BCUT2D eigenvalue weighted by atomic mass is 10.2. The lowest BCUT2D eigenvalue weighted by Gasteiger charge is -2.29. The van der Waals surface area contributed by atoms with E-state index in [0.717, 1.165) is 38.8 Å². The quantitative estimate of drug-likeness (QED) is 0.708. The van der Waals surface area contributed by atoms with Crippen LogP contribution in [0.1, 0.15) is 32.1 Å². The molecule has 2 fully saturated rings. The van der Waals surface area contributed by atoms with Crippen molar-refractivity contribution in [1.29, 1.82) is 0 Å². The molecule has 108 valence electrons. The number of amides is 2. The lowest BCUT2D eigenvalue weighted by molar-refractivity contribution is -0.145. The molecule has 2 amide bonds. The molecule has 2 unspecified atom stereocenters. The van der Waals surface area contributed by atoms with Crippen molar-refractivity contribution < 1.29 is 19.4 Å². The van der Waals surface area contributed by atoms with Crippen molar-refractivity contribution >= 4 is 12.0 Å². The number of carbonyl (C=O) groups is 2. The minimum atomic E-state index is -0.643. The number of β-amino-alcohol motifs (C(OH)–C–C–N with tert-alkyl or cyclic N) is 1. The zero-order valence-corrected chi connectivity index (χ0v) is 11.4. The van der Waals surface area contributed by atoms with Crippen molar-refractivity contribution in [2.24, 2.45) is 0 Å². The average molecular weight is 270 g/mol. The second-order valence-electron chi connectivity index (χ2n) is 5.26. The van der Waals surface area contributed by atoms with Crippen molar-refractivity contribution in [3.05, 3.63) is 0 Å². The van der Waals surface area contributed by atoms with Crippen LogP contribution in [-0.4, -0.2) is 65.8 Å². The number of nitrogens with zero attached hydrogens (tertiary/aromatic N) is 2. The van der Waals surface area contributed by atoms with Crippen molar-refractivity contribution in [3.63, 3.8) is 0 Å². The second kappa shape index (κ2) is 6.23. The molecular weight excluding hydrogens is 248 g/mol. The summed E-state index contributed by atoms with van der Waals surface area (Å²) in [7, 11) is 1.31. The summed E-state index contributed by atoms with van der Waals surface area (Å²) in [5, 5.41) is 9.70. The number of esters is 1. The first kappa shape index (κ1) is 14.1. The van der Waals surface area contributed by atoms with Gasteiger partial charge in [0.1, 0.15) is 6.04 Å². The molecule has 2 aliphatic heterocycles. The van der Waals surface area contributed by atoms with Crippen LogP contribution in [0.5, 0.6) is 0 Å². The monoisotopic (exact) mass is 270 g/mol. The van der Waals surface area contributed by atoms with E-state index in [1.54, 1.807) is 4.90 Å². The molecule has 0 bridgehead atoms. The number of ether oxygens (including phenoxy) is 1. The van der Waals surface area contributed by atoms with Crippen molar-refractivity contribution in [2.75, 3.05) is 26.7 Å². The first-order chi connectivity index (χ1) is 9.13. The highest BCUT2D eigenvalue weighted by Gasteiger charge is 2.41. The normalized spacial score (nSPS) is 28.1. The molecule has 0 radical (unpaired) electrons. The van der Waals surface area contributed by atoms with Crippen molar-refractivity contribution in [3.8, 4) is 0 Å². The number of urea groups is 1. The Morgan fingerprint density at radius 1 is 1.16 bits per heavy atom. The molecular formula is C13H22N2O4. The van der Waals surface area contributed by atoms with E-state index in [0.29, 0.717) is 0 Å². The van der Waals surface area contributed by atoms with Crippen LogP contribution >= 0.6 is 0 Å². The largest absolute Gasteiger partial charge is 0.467 e. The summed E-state index contributed by atoms with van der Waals surface area (Å²) in [5.74, 6) is -0.445. The third-order valence-electron chi connectivity index (χ3n) is 3.87. The Balaban J connectivity index is 2.05. The summed E-state index contributed by atoms with van der Waals surface area (Å²) in [4.78, 5) is 27.4. The molecule has 6 heteroatoms. The van der Waals surface area contributed by atoms with Crippen LogP contribution in [0.2, 0.25) is 0 Å². The van der Waals surface area contributed by atoms with Crippen LogP contribution in [0.3, 0.4) is 0 Å². The lowest BCUT2D eigenvalue weighted by Crippen LogP contribution is -2.48. The maximum Gasteiger partial charge on any atom is 0.328 e. The molecule has 2 heterocycles. The highest BCUT2D eigenvalue weighted by atomic mass is 16.5.